The normalized spacial score (nSPS) is 24.1. The molecule has 2 saturated heterocycles. The first-order valence-corrected chi connectivity index (χ1v) is 6.44. The van der Waals surface area contributed by atoms with Crippen molar-refractivity contribution in [3.8, 4) is 0 Å². The number of rotatable bonds is 2. The van der Waals surface area contributed by atoms with Gasteiger partial charge < -0.3 is 9.64 Å². The molecule has 0 N–H and O–H groups in total. The van der Waals surface area contributed by atoms with Gasteiger partial charge in [0.25, 0.3) is 5.91 Å². The molecule has 2 fully saturated rings. The lowest BCUT2D eigenvalue weighted by molar-refractivity contribution is -0.145. The van der Waals surface area contributed by atoms with E-state index in [0.29, 0.717) is 5.92 Å². The van der Waals surface area contributed by atoms with Crippen molar-refractivity contribution in [2.24, 2.45) is 0 Å². The Hall–Kier alpha value is -1.49. The maximum Gasteiger partial charge on any atom is 0.251 e. The molecule has 0 saturated carbocycles. The van der Waals surface area contributed by atoms with Gasteiger partial charge in [0.1, 0.15) is 11.9 Å². The zero-order valence-corrected chi connectivity index (χ0v) is 10.5. The molecule has 1 aromatic heterocycles. The van der Waals surface area contributed by atoms with Gasteiger partial charge in [0, 0.05) is 31.8 Å². The van der Waals surface area contributed by atoms with Crippen molar-refractivity contribution in [2.45, 2.75) is 31.8 Å². The Morgan fingerprint density at radius 2 is 2.33 bits per heavy atom. The smallest absolute Gasteiger partial charge is 0.251 e. The van der Waals surface area contributed by atoms with E-state index in [2.05, 4.69) is 9.97 Å². The van der Waals surface area contributed by atoms with Crippen LogP contribution in [0.25, 0.3) is 0 Å². The quantitative estimate of drug-likeness (QED) is 0.779. The lowest BCUT2D eigenvalue weighted by atomic mass is 9.95. The Kier molecular flexibility index (Phi) is 2.99. The van der Waals surface area contributed by atoms with Crippen molar-refractivity contribution in [3.63, 3.8) is 0 Å². The predicted molar refractivity (Wildman–Crippen MR) is 65.1 cm³/mol. The second kappa shape index (κ2) is 4.65. The maximum absolute atomic E-state index is 12.0. The Bertz CT molecular complexity index is 451. The van der Waals surface area contributed by atoms with Crippen molar-refractivity contribution in [1.82, 2.24) is 14.9 Å². The molecule has 0 spiro atoms. The van der Waals surface area contributed by atoms with Gasteiger partial charge in [-0.15, -0.1) is 0 Å². The topological polar surface area (TPSA) is 55.3 Å². The summed E-state index contributed by atoms with van der Waals surface area (Å²) in [5.74, 6) is 1.29. The molecule has 5 heteroatoms. The molecule has 1 aromatic rings. The summed E-state index contributed by atoms with van der Waals surface area (Å²) < 4.78 is 5.41. The van der Waals surface area contributed by atoms with Gasteiger partial charge in [-0.1, -0.05) is 0 Å². The summed E-state index contributed by atoms with van der Waals surface area (Å²) in [4.78, 5) is 22.4. The number of likely N-dealkylation sites (tertiary alicyclic amines) is 1. The lowest BCUT2D eigenvalue weighted by Crippen LogP contribution is -2.52. The van der Waals surface area contributed by atoms with Crippen molar-refractivity contribution in [3.05, 3.63) is 23.8 Å². The third kappa shape index (κ3) is 2.10. The lowest BCUT2D eigenvalue weighted by Gasteiger charge is -2.40. The number of hydrogen-bond donors (Lipinski definition) is 0. The number of carbonyl (C=O) groups excluding carboxylic acids is 1. The molecule has 0 aromatic carbocycles. The van der Waals surface area contributed by atoms with Gasteiger partial charge in [-0.25, -0.2) is 9.97 Å². The first-order valence-electron chi connectivity index (χ1n) is 6.44. The third-order valence-corrected chi connectivity index (χ3v) is 3.61. The van der Waals surface area contributed by atoms with E-state index in [1.165, 1.54) is 0 Å². The highest BCUT2D eigenvalue weighted by atomic mass is 16.5. The zero-order chi connectivity index (χ0) is 12.5. The Morgan fingerprint density at radius 1 is 1.50 bits per heavy atom. The minimum Gasteiger partial charge on any atom is -0.368 e. The van der Waals surface area contributed by atoms with E-state index in [-0.39, 0.29) is 12.0 Å². The molecule has 3 rings (SSSR count). The van der Waals surface area contributed by atoms with E-state index in [9.17, 15) is 4.79 Å². The molecule has 2 aliphatic heterocycles. The molecule has 3 heterocycles. The minimum absolute atomic E-state index is 0.148. The van der Waals surface area contributed by atoms with Crippen LogP contribution in [0.2, 0.25) is 0 Å². The Balaban J connectivity index is 1.58. The molecular formula is C13H17N3O2. The summed E-state index contributed by atoms with van der Waals surface area (Å²) in [6, 6.07) is 1.94. The van der Waals surface area contributed by atoms with Crippen LogP contribution in [0.3, 0.4) is 0 Å². The Morgan fingerprint density at radius 3 is 3.00 bits per heavy atom. The summed E-state index contributed by atoms with van der Waals surface area (Å²) in [5, 5.41) is 0. The van der Waals surface area contributed by atoms with E-state index in [0.717, 1.165) is 44.1 Å². The molecule has 2 aliphatic rings. The number of nitrogens with zero attached hydrogens (tertiary/aromatic N) is 3. The van der Waals surface area contributed by atoms with Gasteiger partial charge in [0.2, 0.25) is 0 Å². The Labute approximate surface area is 106 Å². The van der Waals surface area contributed by atoms with Crippen LogP contribution >= 0.6 is 0 Å². The van der Waals surface area contributed by atoms with Crippen LogP contribution < -0.4 is 0 Å². The highest BCUT2D eigenvalue weighted by Gasteiger charge is 2.37. The number of carbonyl (C=O) groups is 1. The van der Waals surface area contributed by atoms with Gasteiger partial charge in [0.05, 0.1) is 5.69 Å². The van der Waals surface area contributed by atoms with Crippen LogP contribution in [-0.2, 0) is 9.53 Å². The maximum atomic E-state index is 12.0. The standard InChI is InChI=1S/C13H17N3O2/c1-9-14-5-4-11(15-9)10-7-16(8-10)13(17)12-3-2-6-18-12/h4-5,10,12H,2-3,6-8H2,1H3. The van der Waals surface area contributed by atoms with E-state index < -0.39 is 0 Å². The number of ether oxygens (including phenoxy) is 1. The number of hydrogen-bond acceptors (Lipinski definition) is 4. The summed E-state index contributed by atoms with van der Waals surface area (Å²) in [7, 11) is 0. The van der Waals surface area contributed by atoms with Crippen LogP contribution in [0.15, 0.2) is 12.3 Å². The minimum atomic E-state index is -0.196. The fourth-order valence-electron chi connectivity index (χ4n) is 2.52. The van der Waals surface area contributed by atoms with Crippen molar-refractivity contribution in [1.29, 1.82) is 0 Å². The number of amides is 1. The summed E-state index contributed by atoms with van der Waals surface area (Å²) >= 11 is 0. The number of aryl methyl sites for hydroxylation is 1. The SMILES string of the molecule is Cc1nccc(C2CN(C(=O)C3CCCO3)C2)n1. The third-order valence-electron chi connectivity index (χ3n) is 3.61. The van der Waals surface area contributed by atoms with E-state index in [1.807, 2.05) is 17.9 Å². The monoisotopic (exact) mass is 247 g/mol. The second-order valence-corrected chi connectivity index (χ2v) is 4.97. The van der Waals surface area contributed by atoms with Gasteiger partial charge in [-0.3, -0.25) is 4.79 Å². The van der Waals surface area contributed by atoms with Crippen molar-refractivity contribution < 1.29 is 9.53 Å². The molecule has 18 heavy (non-hydrogen) atoms. The molecular weight excluding hydrogens is 230 g/mol. The van der Waals surface area contributed by atoms with Gasteiger partial charge >= 0.3 is 0 Å². The average Bonchev–Trinajstić information content (AvgIpc) is 2.80. The average molecular weight is 247 g/mol. The van der Waals surface area contributed by atoms with Crippen molar-refractivity contribution in [2.75, 3.05) is 19.7 Å². The first-order chi connectivity index (χ1) is 8.74. The largest absolute Gasteiger partial charge is 0.368 e. The fraction of sp³-hybridized carbons (Fsp3) is 0.615. The molecule has 5 nitrogen and oxygen atoms in total. The van der Waals surface area contributed by atoms with E-state index >= 15 is 0 Å². The number of aromatic nitrogens is 2. The van der Waals surface area contributed by atoms with Crippen LogP contribution in [0.5, 0.6) is 0 Å². The summed E-state index contributed by atoms with van der Waals surface area (Å²) in [6.45, 7) is 4.13. The molecule has 1 amide bonds. The summed E-state index contributed by atoms with van der Waals surface area (Å²) in [5.41, 5.74) is 1.04. The van der Waals surface area contributed by atoms with Crippen LogP contribution in [-0.4, -0.2) is 46.6 Å². The fourth-order valence-corrected chi connectivity index (χ4v) is 2.52. The van der Waals surface area contributed by atoms with E-state index in [4.69, 9.17) is 4.74 Å². The highest BCUT2D eigenvalue weighted by Crippen LogP contribution is 2.27. The highest BCUT2D eigenvalue weighted by molar-refractivity contribution is 5.82. The van der Waals surface area contributed by atoms with Crippen LogP contribution in [0, 0.1) is 6.92 Å². The molecule has 1 atom stereocenters. The van der Waals surface area contributed by atoms with Gasteiger partial charge in [-0.2, -0.15) is 0 Å². The van der Waals surface area contributed by atoms with Crippen LogP contribution in [0.4, 0.5) is 0 Å². The molecule has 1 unspecified atom stereocenters. The second-order valence-electron chi connectivity index (χ2n) is 4.97. The van der Waals surface area contributed by atoms with E-state index in [1.54, 1.807) is 6.20 Å². The van der Waals surface area contributed by atoms with Crippen LogP contribution in [0.1, 0.15) is 30.3 Å². The summed E-state index contributed by atoms with van der Waals surface area (Å²) in [6.07, 6.45) is 3.45. The van der Waals surface area contributed by atoms with Gasteiger partial charge in [0.15, 0.2) is 0 Å². The molecule has 0 bridgehead atoms. The first kappa shape index (κ1) is 11.6. The molecule has 0 aliphatic carbocycles. The van der Waals surface area contributed by atoms with Gasteiger partial charge in [-0.05, 0) is 25.8 Å². The predicted octanol–water partition coefficient (Wildman–Crippen LogP) is 0.890. The molecule has 96 valence electrons. The molecule has 0 radical (unpaired) electrons. The van der Waals surface area contributed by atoms with Crippen molar-refractivity contribution >= 4 is 5.91 Å². The zero-order valence-electron chi connectivity index (χ0n) is 10.5.